The third kappa shape index (κ3) is 5.73. The number of hydrogen-bond acceptors (Lipinski definition) is 4. The van der Waals surface area contributed by atoms with E-state index in [1.807, 2.05) is 13.8 Å². The summed E-state index contributed by atoms with van der Waals surface area (Å²) in [6.45, 7) is 4.98. The van der Waals surface area contributed by atoms with Gasteiger partial charge in [0.05, 0.1) is 0 Å². The quantitative estimate of drug-likeness (QED) is 0.745. The third-order valence-corrected chi connectivity index (χ3v) is 3.59. The minimum absolute atomic E-state index is 0.0256. The molecule has 0 saturated heterocycles. The van der Waals surface area contributed by atoms with Crippen LogP contribution in [0.4, 0.5) is 11.4 Å². The van der Waals surface area contributed by atoms with Gasteiger partial charge in [0.25, 0.3) is 5.91 Å². The van der Waals surface area contributed by atoms with Crippen molar-refractivity contribution < 1.29 is 19.1 Å². The van der Waals surface area contributed by atoms with Crippen LogP contribution in [0.3, 0.4) is 0 Å². The van der Waals surface area contributed by atoms with E-state index in [0.29, 0.717) is 22.7 Å². The molecule has 0 atom stereocenters. The first-order valence-corrected chi connectivity index (χ1v) is 8.29. The molecule has 0 bridgehead atoms. The Morgan fingerprint density at radius 2 is 1.42 bits per heavy atom. The number of benzene rings is 2. The first-order chi connectivity index (χ1) is 12.3. The summed E-state index contributed by atoms with van der Waals surface area (Å²) in [5.74, 6) is 0.0147. The second-order valence-electron chi connectivity index (χ2n) is 6.14. The van der Waals surface area contributed by atoms with Gasteiger partial charge >= 0.3 is 0 Å². The van der Waals surface area contributed by atoms with Crippen molar-refractivity contribution in [2.24, 2.45) is 5.92 Å². The summed E-state index contributed by atoms with van der Waals surface area (Å²) < 4.78 is 5.40. The average molecular weight is 354 g/mol. The van der Waals surface area contributed by atoms with Crippen LogP contribution in [0.25, 0.3) is 0 Å². The molecule has 0 radical (unpaired) electrons. The van der Waals surface area contributed by atoms with Crippen molar-refractivity contribution in [3.05, 3.63) is 54.1 Å². The zero-order valence-corrected chi connectivity index (χ0v) is 15.0. The van der Waals surface area contributed by atoms with Crippen molar-refractivity contribution in [2.45, 2.75) is 20.8 Å². The molecule has 0 aliphatic rings. The Hall–Kier alpha value is -3.15. The first kappa shape index (κ1) is 19.2. The van der Waals surface area contributed by atoms with Gasteiger partial charge in [0.1, 0.15) is 5.75 Å². The number of ketones is 1. The van der Waals surface area contributed by atoms with Crippen molar-refractivity contribution in [1.29, 1.82) is 0 Å². The minimum atomic E-state index is -0.306. The smallest absolute Gasteiger partial charge is 0.262 e. The molecular weight excluding hydrogens is 332 g/mol. The van der Waals surface area contributed by atoms with Gasteiger partial charge in [-0.05, 0) is 55.5 Å². The third-order valence-electron chi connectivity index (χ3n) is 3.59. The lowest BCUT2D eigenvalue weighted by molar-refractivity contribution is -0.119. The molecule has 0 aliphatic heterocycles. The van der Waals surface area contributed by atoms with E-state index in [0.717, 1.165) is 0 Å². The Balaban J connectivity index is 1.83. The monoisotopic (exact) mass is 354 g/mol. The summed E-state index contributed by atoms with van der Waals surface area (Å²) in [5.41, 5.74) is 1.86. The summed E-state index contributed by atoms with van der Waals surface area (Å²) >= 11 is 0. The predicted molar refractivity (Wildman–Crippen MR) is 100 cm³/mol. The number of nitrogens with one attached hydrogen (secondary N) is 2. The highest BCUT2D eigenvalue weighted by atomic mass is 16.5. The van der Waals surface area contributed by atoms with Gasteiger partial charge < -0.3 is 15.4 Å². The molecule has 0 unspecified atom stereocenters. The van der Waals surface area contributed by atoms with E-state index in [4.69, 9.17) is 4.74 Å². The minimum Gasteiger partial charge on any atom is -0.484 e. The summed E-state index contributed by atoms with van der Waals surface area (Å²) in [4.78, 5) is 34.8. The first-order valence-electron chi connectivity index (χ1n) is 8.29. The van der Waals surface area contributed by atoms with E-state index in [-0.39, 0.29) is 30.1 Å². The van der Waals surface area contributed by atoms with Gasteiger partial charge in [0.2, 0.25) is 5.91 Å². The number of hydrogen-bond donors (Lipinski definition) is 2. The molecule has 2 aromatic carbocycles. The van der Waals surface area contributed by atoms with Crippen LogP contribution in [-0.4, -0.2) is 24.2 Å². The van der Waals surface area contributed by atoms with E-state index in [9.17, 15) is 14.4 Å². The topological polar surface area (TPSA) is 84.5 Å². The zero-order chi connectivity index (χ0) is 19.1. The lowest BCUT2D eigenvalue weighted by atomic mass is 10.1. The zero-order valence-electron chi connectivity index (χ0n) is 15.0. The van der Waals surface area contributed by atoms with E-state index in [1.165, 1.54) is 6.92 Å². The van der Waals surface area contributed by atoms with Crippen molar-refractivity contribution in [3.63, 3.8) is 0 Å². The Morgan fingerprint density at radius 1 is 0.885 bits per heavy atom. The summed E-state index contributed by atoms with van der Waals surface area (Å²) in [5, 5.41) is 5.49. The number of carbonyl (C=O) groups is 3. The highest BCUT2D eigenvalue weighted by Gasteiger charge is 2.08. The predicted octanol–water partition coefficient (Wildman–Crippen LogP) is 3.50. The van der Waals surface area contributed by atoms with Crippen LogP contribution >= 0.6 is 0 Å². The number of carbonyl (C=O) groups excluding carboxylic acids is 3. The maximum Gasteiger partial charge on any atom is 0.262 e. The molecule has 2 amide bonds. The maximum absolute atomic E-state index is 12.0. The van der Waals surface area contributed by atoms with Crippen molar-refractivity contribution in [3.8, 4) is 5.75 Å². The molecule has 2 aromatic rings. The summed E-state index contributed by atoms with van der Waals surface area (Å²) in [6.07, 6.45) is 0. The molecule has 0 saturated carbocycles. The Kier molecular flexibility index (Phi) is 6.49. The summed E-state index contributed by atoms with van der Waals surface area (Å²) in [7, 11) is 0. The van der Waals surface area contributed by atoms with Crippen LogP contribution in [0.2, 0.25) is 0 Å². The molecular formula is C20H22N2O4. The molecule has 0 aromatic heterocycles. The number of amides is 2. The van der Waals surface area contributed by atoms with Crippen LogP contribution in [0.15, 0.2) is 48.5 Å². The fraction of sp³-hybridized carbons (Fsp3) is 0.250. The Labute approximate surface area is 152 Å². The number of rotatable bonds is 7. The van der Waals surface area contributed by atoms with Gasteiger partial charge in [0, 0.05) is 22.9 Å². The van der Waals surface area contributed by atoms with Crippen LogP contribution < -0.4 is 15.4 Å². The molecule has 0 spiro atoms. The number of anilines is 2. The number of ether oxygens (including phenoxy) is 1. The van der Waals surface area contributed by atoms with Crippen LogP contribution in [0.5, 0.6) is 5.75 Å². The van der Waals surface area contributed by atoms with Gasteiger partial charge in [-0.2, -0.15) is 0 Å². The normalized spacial score (nSPS) is 10.3. The van der Waals surface area contributed by atoms with Crippen LogP contribution in [-0.2, 0) is 9.59 Å². The largest absolute Gasteiger partial charge is 0.484 e. The average Bonchev–Trinajstić information content (AvgIpc) is 2.62. The highest BCUT2D eigenvalue weighted by Crippen LogP contribution is 2.15. The van der Waals surface area contributed by atoms with Crippen LogP contribution in [0.1, 0.15) is 31.1 Å². The molecule has 6 heteroatoms. The van der Waals surface area contributed by atoms with Gasteiger partial charge in [-0.15, -0.1) is 0 Å². The molecule has 0 fully saturated rings. The molecule has 26 heavy (non-hydrogen) atoms. The molecule has 136 valence electrons. The van der Waals surface area contributed by atoms with Gasteiger partial charge in [0.15, 0.2) is 12.4 Å². The second-order valence-corrected chi connectivity index (χ2v) is 6.14. The van der Waals surface area contributed by atoms with E-state index in [1.54, 1.807) is 48.5 Å². The molecule has 0 aliphatic carbocycles. The molecule has 2 N–H and O–H groups in total. The lowest BCUT2D eigenvalue weighted by Crippen LogP contribution is -2.20. The van der Waals surface area contributed by atoms with Crippen molar-refractivity contribution >= 4 is 29.0 Å². The van der Waals surface area contributed by atoms with E-state index >= 15 is 0 Å². The van der Waals surface area contributed by atoms with Gasteiger partial charge in [-0.3, -0.25) is 14.4 Å². The number of Topliss-reactive ketones (excluding diaryl/α,β-unsaturated/α-hetero) is 1. The second kappa shape index (κ2) is 8.80. The Morgan fingerprint density at radius 3 is 1.92 bits per heavy atom. The maximum atomic E-state index is 12.0. The van der Waals surface area contributed by atoms with Crippen LogP contribution in [0, 0.1) is 5.92 Å². The Bertz CT molecular complexity index is 780. The fourth-order valence-corrected chi connectivity index (χ4v) is 2.06. The molecule has 2 rings (SSSR count). The standard InChI is InChI=1S/C20H22N2O4/c1-13(2)20(25)22-17-8-6-16(7-9-17)21-19(24)12-26-18-10-4-15(5-11-18)14(3)23/h4-11,13H,12H2,1-3H3,(H,21,24)(H,22,25). The van der Waals surface area contributed by atoms with Crippen molar-refractivity contribution in [1.82, 2.24) is 0 Å². The van der Waals surface area contributed by atoms with E-state index in [2.05, 4.69) is 10.6 Å². The van der Waals surface area contributed by atoms with Crippen molar-refractivity contribution in [2.75, 3.05) is 17.2 Å². The van der Waals surface area contributed by atoms with Gasteiger partial charge in [-0.25, -0.2) is 0 Å². The molecule has 6 nitrogen and oxygen atoms in total. The van der Waals surface area contributed by atoms with Gasteiger partial charge in [-0.1, -0.05) is 13.8 Å². The van der Waals surface area contributed by atoms with E-state index < -0.39 is 0 Å². The molecule has 0 heterocycles. The lowest BCUT2D eigenvalue weighted by Gasteiger charge is -2.10. The summed E-state index contributed by atoms with van der Waals surface area (Å²) in [6, 6.07) is 13.4. The fourth-order valence-electron chi connectivity index (χ4n) is 2.06. The highest BCUT2D eigenvalue weighted by molar-refractivity contribution is 5.95. The SMILES string of the molecule is CC(=O)c1ccc(OCC(=O)Nc2ccc(NC(=O)C(C)C)cc2)cc1.